The van der Waals surface area contributed by atoms with Crippen molar-refractivity contribution in [3.05, 3.63) is 29.6 Å². The molecule has 1 atom stereocenters. The van der Waals surface area contributed by atoms with E-state index >= 15 is 0 Å². The van der Waals surface area contributed by atoms with Gasteiger partial charge in [0.15, 0.2) is 0 Å². The average molecular weight is 248 g/mol. The summed E-state index contributed by atoms with van der Waals surface area (Å²) in [6.45, 7) is 1.76. The monoisotopic (exact) mass is 248 g/mol. The lowest BCUT2D eigenvalue weighted by Gasteiger charge is -2.16. The number of aromatic nitrogens is 1. The highest BCUT2D eigenvalue weighted by molar-refractivity contribution is 6.00. The van der Waals surface area contributed by atoms with Gasteiger partial charge >= 0.3 is 5.97 Å². The number of aromatic carboxylic acids is 1. The number of nitrogens with one attached hydrogen (secondary N) is 2. The van der Waals surface area contributed by atoms with Gasteiger partial charge in [-0.3, -0.25) is 4.79 Å². The molecule has 0 radical (unpaired) electrons. The van der Waals surface area contributed by atoms with Gasteiger partial charge in [0.2, 0.25) is 5.91 Å². The maximum atomic E-state index is 12.0. The maximum absolute atomic E-state index is 12.0. The minimum Gasteiger partial charge on any atom is -0.477 e. The van der Waals surface area contributed by atoms with Gasteiger partial charge in [-0.25, -0.2) is 4.79 Å². The first-order valence-electron chi connectivity index (χ1n) is 5.96. The fourth-order valence-electron chi connectivity index (χ4n) is 2.12. The zero-order chi connectivity index (χ0) is 13.1. The molecule has 1 aromatic rings. The molecule has 1 amide bonds. The van der Waals surface area contributed by atoms with Gasteiger partial charge in [0.25, 0.3) is 0 Å². The third-order valence-corrected chi connectivity index (χ3v) is 3.06. The first kappa shape index (κ1) is 12.4. The summed E-state index contributed by atoms with van der Waals surface area (Å²) in [5, 5.41) is 11.7. The van der Waals surface area contributed by atoms with Crippen LogP contribution in [0.1, 0.15) is 35.4 Å². The quantitative estimate of drug-likeness (QED) is 0.718. The predicted octanol–water partition coefficient (Wildman–Crippen LogP) is 2.32. The number of anilines is 1. The highest BCUT2D eigenvalue weighted by Gasteiger charge is 2.21. The SMILES string of the molecule is Cc1cc(NC(=O)C2CC=CCC2)c(C(=O)O)[nH]1. The van der Waals surface area contributed by atoms with Gasteiger partial charge in [-0.2, -0.15) is 0 Å². The van der Waals surface area contributed by atoms with E-state index in [-0.39, 0.29) is 17.5 Å². The first-order valence-corrected chi connectivity index (χ1v) is 5.96. The van der Waals surface area contributed by atoms with E-state index in [0.717, 1.165) is 19.3 Å². The van der Waals surface area contributed by atoms with Crippen molar-refractivity contribution < 1.29 is 14.7 Å². The Morgan fingerprint density at radius 2 is 2.22 bits per heavy atom. The molecule has 0 aromatic carbocycles. The number of hydrogen-bond acceptors (Lipinski definition) is 2. The molecule has 0 fully saturated rings. The zero-order valence-electron chi connectivity index (χ0n) is 10.2. The van der Waals surface area contributed by atoms with E-state index in [4.69, 9.17) is 5.11 Å². The van der Waals surface area contributed by atoms with Crippen LogP contribution in [0.5, 0.6) is 0 Å². The number of carboxylic acids is 1. The minimum absolute atomic E-state index is 0.0344. The molecule has 5 heteroatoms. The summed E-state index contributed by atoms with van der Waals surface area (Å²) in [6, 6.07) is 1.64. The molecule has 0 saturated heterocycles. The molecular weight excluding hydrogens is 232 g/mol. The van der Waals surface area contributed by atoms with Crippen molar-refractivity contribution in [1.29, 1.82) is 0 Å². The van der Waals surface area contributed by atoms with E-state index in [9.17, 15) is 9.59 Å². The van der Waals surface area contributed by atoms with Gasteiger partial charge in [-0.15, -0.1) is 0 Å². The summed E-state index contributed by atoms with van der Waals surface area (Å²) in [4.78, 5) is 25.7. The lowest BCUT2D eigenvalue weighted by Crippen LogP contribution is -2.24. The van der Waals surface area contributed by atoms with E-state index in [1.165, 1.54) is 0 Å². The molecule has 18 heavy (non-hydrogen) atoms. The van der Waals surface area contributed by atoms with Crippen LogP contribution in [0, 0.1) is 12.8 Å². The molecule has 1 unspecified atom stereocenters. The van der Waals surface area contributed by atoms with Crippen LogP contribution < -0.4 is 5.32 Å². The number of carbonyl (C=O) groups excluding carboxylic acids is 1. The van der Waals surface area contributed by atoms with Crippen LogP contribution in [0.15, 0.2) is 18.2 Å². The molecule has 0 saturated carbocycles. The van der Waals surface area contributed by atoms with E-state index < -0.39 is 5.97 Å². The standard InChI is InChI=1S/C13H16N2O3/c1-8-7-10(11(14-8)13(17)18)15-12(16)9-5-3-2-4-6-9/h2-3,7,9,14H,4-6H2,1H3,(H,15,16)(H,17,18). The molecular formula is C13H16N2O3. The Labute approximate surface area is 105 Å². The molecule has 2 rings (SSSR count). The highest BCUT2D eigenvalue weighted by Crippen LogP contribution is 2.22. The second kappa shape index (κ2) is 5.08. The smallest absolute Gasteiger partial charge is 0.354 e. The number of aromatic amines is 1. The van der Waals surface area contributed by atoms with Gasteiger partial charge in [0, 0.05) is 11.6 Å². The van der Waals surface area contributed by atoms with Gasteiger partial charge < -0.3 is 15.4 Å². The summed E-state index contributed by atoms with van der Waals surface area (Å²) in [5.74, 6) is -1.24. The second-order valence-corrected chi connectivity index (χ2v) is 4.52. The Hall–Kier alpha value is -2.04. The number of carboxylic acid groups (broad SMARTS) is 1. The van der Waals surface area contributed by atoms with Crippen LogP contribution in [-0.4, -0.2) is 22.0 Å². The first-order chi connectivity index (χ1) is 8.58. The zero-order valence-corrected chi connectivity index (χ0v) is 10.2. The molecule has 5 nitrogen and oxygen atoms in total. The van der Waals surface area contributed by atoms with E-state index in [0.29, 0.717) is 11.4 Å². The molecule has 0 spiro atoms. The molecule has 1 aliphatic carbocycles. The number of aryl methyl sites for hydroxylation is 1. The Kier molecular flexibility index (Phi) is 3.50. The second-order valence-electron chi connectivity index (χ2n) is 4.52. The summed E-state index contributed by atoms with van der Waals surface area (Å²) < 4.78 is 0. The molecule has 0 bridgehead atoms. The molecule has 1 heterocycles. The fourth-order valence-corrected chi connectivity index (χ4v) is 2.12. The van der Waals surface area contributed by atoms with Crippen LogP contribution in [0.2, 0.25) is 0 Å². The van der Waals surface area contributed by atoms with E-state index in [1.54, 1.807) is 13.0 Å². The van der Waals surface area contributed by atoms with Gasteiger partial charge in [0.1, 0.15) is 5.69 Å². The summed E-state index contributed by atoms with van der Waals surface area (Å²) in [7, 11) is 0. The number of carbonyl (C=O) groups is 2. The Morgan fingerprint density at radius 3 is 2.83 bits per heavy atom. The van der Waals surface area contributed by atoms with Crippen LogP contribution in [0.4, 0.5) is 5.69 Å². The van der Waals surface area contributed by atoms with Crippen molar-refractivity contribution >= 4 is 17.6 Å². The number of amides is 1. The number of allylic oxidation sites excluding steroid dienone is 2. The number of hydrogen-bond donors (Lipinski definition) is 3. The lowest BCUT2D eigenvalue weighted by molar-refractivity contribution is -0.120. The summed E-state index contributed by atoms with van der Waals surface area (Å²) in [6.07, 6.45) is 6.49. The third kappa shape index (κ3) is 2.61. The molecule has 0 aliphatic heterocycles. The molecule has 1 aliphatic rings. The Bertz CT molecular complexity index is 502. The molecule has 96 valence electrons. The normalized spacial score (nSPS) is 18.6. The van der Waals surface area contributed by atoms with Crippen molar-refractivity contribution in [2.24, 2.45) is 5.92 Å². The van der Waals surface area contributed by atoms with E-state index in [2.05, 4.69) is 16.4 Å². The summed E-state index contributed by atoms with van der Waals surface area (Å²) >= 11 is 0. The maximum Gasteiger partial charge on any atom is 0.354 e. The van der Waals surface area contributed by atoms with Crippen molar-refractivity contribution in [2.45, 2.75) is 26.2 Å². The molecule has 1 aromatic heterocycles. The average Bonchev–Trinajstić information content (AvgIpc) is 2.71. The van der Waals surface area contributed by atoms with Crippen LogP contribution in [0.3, 0.4) is 0 Å². The molecule has 3 N–H and O–H groups in total. The Morgan fingerprint density at radius 1 is 1.44 bits per heavy atom. The number of rotatable bonds is 3. The largest absolute Gasteiger partial charge is 0.477 e. The van der Waals surface area contributed by atoms with Crippen LogP contribution in [-0.2, 0) is 4.79 Å². The number of H-pyrrole nitrogens is 1. The fraction of sp³-hybridized carbons (Fsp3) is 0.385. The van der Waals surface area contributed by atoms with Crippen LogP contribution in [0.25, 0.3) is 0 Å². The van der Waals surface area contributed by atoms with Gasteiger partial charge in [-0.05, 0) is 32.3 Å². The van der Waals surface area contributed by atoms with Crippen LogP contribution >= 0.6 is 0 Å². The van der Waals surface area contributed by atoms with Gasteiger partial charge in [-0.1, -0.05) is 12.2 Å². The van der Waals surface area contributed by atoms with Crippen molar-refractivity contribution in [3.8, 4) is 0 Å². The van der Waals surface area contributed by atoms with Gasteiger partial charge in [0.05, 0.1) is 5.69 Å². The van der Waals surface area contributed by atoms with Crippen molar-refractivity contribution in [2.75, 3.05) is 5.32 Å². The minimum atomic E-state index is -1.07. The third-order valence-electron chi connectivity index (χ3n) is 3.06. The highest BCUT2D eigenvalue weighted by atomic mass is 16.4. The topological polar surface area (TPSA) is 82.2 Å². The van der Waals surface area contributed by atoms with E-state index in [1.807, 2.05) is 6.08 Å². The lowest BCUT2D eigenvalue weighted by atomic mass is 9.93. The van der Waals surface area contributed by atoms with Crippen molar-refractivity contribution in [3.63, 3.8) is 0 Å². The predicted molar refractivity (Wildman–Crippen MR) is 67.6 cm³/mol. The van der Waals surface area contributed by atoms with Crippen molar-refractivity contribution in [1.82, 2.24) is 4.98 Å². The summed E-state index contributed by atoms with van der Waals surface area (Å²) in [5.41, 5.74) is 1.10. The Balaban J connectivity index is 2.11.